The van der Waals surface area contributed by atoms with E-state index in [0.29, 0.717) is 6.29 Å². The summed E-state index contributed by atoms with van der Waals surface area (Å²) in [6, 6.07) is 6.67. The van der Waals surface area contributed by atoms with Crippen LogP contribution in [0.3, 0.4) is 0 Å². The van der Waals surface area contributed by atoms with Crippen LogP contribution in [-0.4, -0.2) is 25.1 Å². The molecule has 0 radical (unpaired) electrons. The fourth-order valence-corrected chi connectivity index (χ4v) is 1.91. The number of rotatable bonds is 2. The Bertz CT molecular complexity index is 521. The van der Waals surface area contributed by atoms with Crippen molar-refractivity contribution in [2.45, 2.75) is 18.0 Å². The van der Waals surface area contributed by atoms with Gasteiger partial charge < -0.3 is 9.53 Å². The number of carbonyl (C=O) groups is 1. The summed E-state index contributed by atoms with van der Waals surface area (Å²) in [5.74, 6) is 0. The minimum absolute atomic E-state index is 0.191. The highest BCUT2D eigenvalue weighted by molar-refractivity contribution is 5.57. The molecule has 19 heavy (non-hydrogen) atoms. The van der Waals surface area contributed by atoms with Crippen molar-refractivity contribution in [3.8, 4) is 6.07 Å². The first kappa shape index (κ1) is 13.5. The van der Waals surface area contributed by atoms with Gasteiger partial charge in [-0.3, -0.25) is 5.32 Å². The molecule has 1 aromatic carbocycles. The smallest absolute Gasteiger partial charge is 0.336 e. The highest BCUT2D eigenvalue weighted by Crippen LogP contribution is 2.43. The van der Waals surface area contributed by atoms with Gasteiger partial charge in [0.1, 0.15) is 12.4 Å². The lowest BCUT2D eigenvalue weighted by Crippen LogP contribution is -2.51. The number of halogens is 3. The Balaban J connectivity index is 2.44. The van der Waals surface area contributed by atoms with Gasteiger partial charge in [0.25, 0.3) is 0 Å². The molecule has 1 aliphatic heterocycles. The van der Waals surface area contributed by atoms with Crippen LogP contribution in [0.2, 0.25) is 0 Å². The Hall–Kier alpha value is -1.91. The Morgan fingerprint density at radius 3 is 2.47 bits per heavy atom. The molecule has 0 bridgehead atoms. The monoisotopic (exact) mass is 270 g/mol. The molecule has 7 heteroatoms. The zero-order chi connectivity index (χ0) is 14.1. The summed E-state index contributed by atoms with van der Waals surface area (Å²) in [4.78, 5) is 10.6. The third kappa shape index (κ3) is 2.20. The van der Waals surface area contributed by atoms with Gasteiger partial charge in [0, 0.05) is 12.1 Å². The lowest BCUT2D eigenvalue weighted by Gasteiger charge is -2.31. The molecule has 1 aliphatic rings. The van der Waals surface area contributed by atoms with Crippen molar-refractivity contribution >= 4 is 6.29 Å². The van der Waals surface area contributed by atoms with Gasteiger partial charge >= 0.3 is 6.18 Å². The molecule has 1 saturated heterocycles. The fourth-order valence-electron chi connectivity index (χ4n) is 1.91. The highest BCUT2D eigenvalue weighted by atomic mass is 19.4. The summed E-state index contributed by atoms with van der Waals surface area (Å²) in [6.45, 7) is -0.219. The molecule has 1 N–H and O–H groups in total. The predicted molar refractivity (Wildman–Crippen MR) is 57.8 cm³/mol. The first-order valence-electron chi connectivity index (χ1n) is 5.38. The minimum atomic E-state index is -4.72. The standard InChI is InChI=1S/C12H9F3N2O2/c13-12(14,15)11(17-6-10(7-18)19-11)9-3-1-8(5-16)2-4-9/h1-4,7,10,17H,6H2. The van der Waals surface area contributed by atoms with Crippen molar-refractivity contribution in [2.24, 2.45) is 0 Å². The molecular weight excluding hydrogens is 261 g/mol. The summed E-state index contributed by atoms with van der Waals surface area (Å²) in [6.07, 6.45) is -5.56. The second kappa shape index (κ2) is 4.64. The number of ether oxygens (including phenoxy) is 1. The Kier molecular flexibility index (Phi) is 3.30. The van der Waals surface area contributed by atoms with Crippen molar-refractivity contribution in [2.75, 3.05) is 6.54 Å². The molecule has 2 unspecified atom stereocenters. The highest BCUT2D eigenvalue weighted by Gasteiger charge is 2.61. The van der Waals surface area contributed by atoms with E-state index in [9.17, 15) is 18.0 Å². The van der Waals surface area contributed by atoms with Crippen LogP contribution in [0.4, 0.5) is 13.2 Å². The van der Waals surface area contributed by atoms with Gasteiger partial charge in [0.05, 0.1) is 11.6 Å². The SMILES string of the molecule is N#Cc1ccc(C2(C(F)(F)F)NCC(C=O)O2)cc1. The number of benzene rings is 1. The molecule has 0 aliphatic carbocycles. The van der Waals surface area contributed by atoms with E-state index in [-0.39, 0.29) is 17.7 Å². The molecule has 0 spiro atoms. The Labute approximate surface area is 106 Å². The second-order valence-electron chi connectivity index (χ2n) is 4.04. The molecule has 100 valence electrons. The molecule has 2 rings (SSSR count). The number of hydrogen-bond donors (Lipinski definition) is 1. The van der Waals surface area contributed by atoms with Crippen molar-refractivity contribution in [3.05, 3.63) is 35.4 Å². The first-order valence-corrected chi connectivity index (χ1v) is 5.38. The third-order valence-corrected chi connectivity index (χ3v) is 2.85. The minimum Gasteiger partial charge on any atom is -0.336 e. The molecule has 4 nitrogen and oxygen atoms in total. The van der Waals surface area contributed by atoms with E-state index in [2.05, 4.69) is 5.32 Å². The normalized spacial score (nSPS) is 26.9. The largest absolute Gasteiger partial charge is 0.435 e. The zero-order valence-corrected chi connectivity index (χ0v) is 9.57. The topological polar surface area (TPSA) is 62.1 Å². The second-order valence-corrected chi connectivity index (χ2v) is 4.04. The maximum Gasteiger partial charge on any atom is 0.435 e. The van der Waals surface area contributed by atoms with Crippen LogP contribution in [0.5, 0.6) is 0 Å². The van der Waals surface area contributed by atoms with Crippen molar-refractivity contribution < 1.29 is 22.7 Å². The number of nitrogens with zero attached hydrogens (tertiary/aromatic N) is 1. The van der Waals surface area contributed by atoms with E-state index >= 15 is 0 Å². The zero-order valence-electron chi connectivity index (χ0n) is 9.57. The molecule has 2 atom stereocenters. The van der Waals surface area contributed by atoms with Gasteiger partial charge in [-0.15, -0.1) is 0 Å². The lowest BCUT2D eigenvalue weighted by atomic mass is 10.0. The molecule has 0 aromatic heterocycles. The third-order valence-electron chi connectivity index (χ3n) is 2.85. The van der Waals surface area contributed by atoms with Gasteiger partial charge in [-0.05, 0) is 12.1 Å². The molecule has 0 saturated carbocycles. The molecule has 0 amide bonds. The number of hydrogen-bond acceptors (Lipinski definition) is 4. The van der Waals surface area contributed by atoms with Gasteiger partial charge in [0.15, 0.2) is 0 Å². The van der Waals surface area contributed by atoms with E-state index < -0.39 is 18.0 Å². The first-order chi connectivity index (χ1) is 8.93. The molecule has 1 aromatic rings. The van der Waals surface area contributed by atoms with Crippen LogP contribution in [0.15, 0.2) is 24.3 Å². The number of nitriles is 1. The average molecular weight is 270 g/mol. The maximum atomic E-state index is 13.2. The Morgan fingerprint density at radius 1 is 1.42 bits per heavy atom. The quantitative estimate of drug-likeness (QED) is 0.826. The van der Waals surface area contributed by atoms with Crippen LogP contribution in [-0.2, 0) is 15.3 Å². The van der Waals surface area contributed by atoms with E-state index in [1.165, 1.54) is 12.1 Å². The molecule has 1 fully saturated rings. The number of aldehydes is 1. The van der Waals surface area contributed by atoms with Gasteiger partial charge in [-0.25, -0.2) is 0 Å². The summed E-state index contributed by atoms with van der Waals surface area (Å²) in [5, 5.41) is 10.8. The fraction of sp³-hybridized carbons (Fsp3) is 0.333. The van der Waals surface area contributed by atoms with Crippen molar-refractivity contribution in [1.82, 2.24) is 5.32 Å². The van der Waals surface area contributed by atoms with Gasteiger partial charge in [0.2, 0.25) is 5.72 Å². The lowest BCUT2D eigenvalue weighted by molar-refractivity contribution is -0.283. The average Bonchev–Trinajstić information content (AvgIpc) is 2.84. The number of nitrogens with one attached hydrogen (secondary N) is 1. The number of carbonyl (C=O) groups excluding carboxylic acids is 1. The maximum absolute atomic E-state index is 13.2. The summed E-state index contributed by atoms with van der Waals surface area (Å²) < 4.78 is 44.5. The number of alkyl halides is 3. The molecular formula is C12H9F3N2O2. The van der Waals surface area contributed by atoms with E-state index in [0.717, 1.165) is 12.1 Å². The van der Waals surface area contributed by atoms with Crippen LogP contribution in [0.1, 0.15) is 11.1 Å². The van der Waals surface area contributed by atoms with E-state index in [1.807, 2.05) is 6.07 Å². The van der Waals surface area contributed by atoms with Crippen LogP contribution >= 0.6 is 0 Å². The van der Waals surface area contributed by atoms with Crippen LogP contribution < -0.4 is 5.32 Å². The van der Waals surface area contributed by atoms with Crippen LogP contribution in [0, 0.1) is 11.3 Å². The van der Waals surface area contributed by atoms with Crippen molar-refractivity contribution in [3.63, 3.8) is 0 Å². The van der Waals surface area contributed by atoms with Gasteiger partial charge in [-0.2, -0.15) is 18.4 Å². The predicted octanol–water partition coefficient (Wildman–Crippen LogP) is 1.46. The van der Waals surface area contributed by atoms with Crippen molar-refractivity contribution in [1.29, 1.82) is 5.26 Å². The summed E-state index contributed by atoms with van der Waals surface area (Å²) in [5.41, 5.74) is -2.65. The summed E-state index contributed by atoms with van der Waals surface area (Å²) >= 11 is 0. The summed E-state index contributed by atoms with van der Waals surface area (Å²) in [7, 11) is 0. The van der Waals surface area contributed by atoms with Crippen LogP contribution in [0.25, 0.3) is 0 Å². The molecule has 1 heterocycles. The van der Waals surface area contributed by atoms with E-state index in [1.54, 1.807) is 0 Å². The van der Waals surface area contributed by atoms with E-state index in [4.69, 9.17) is 10.00 Å². The Morgan fingerprint density at radius 2 is 2.05 bits per heavy atom. The van der Waals surface area contributed by atoms with Gasteiger partial charge in [-0.1, -0.05) is 12.1 Å².